The van der Waals surface area contributed by atoms with E-state index in [-0.39, 0.29) is 12.7 Å². The van der Waals surface area contributed by atoms with Gasteiger partial charge in [-0.05, 0) is 18.2 Å². The molecule has 1 N–H and O–H groups in total. The molecule has 4 heteroatoms. The summed E-state index contributed by atoms with van der Waals surface area (Å²) in [6.45, 7) is 0.384. The molecule has 1 heterocycles. The molecule has 0 aliphatic carbocycles. The van der Waals surface area contributed by atoms with Crippen molar-refractivity contribution in [3.8, 4) is 11.5 Å². The molecule has 70 valence electrons. The molecule has 0 saturated carbocycles. The zero-order chi connectivity index (χ0) is 9.26. The highest BCUT2D eigenvalue weighted by molar-refractivity contribution is 9.10. The van der Waals surface area contributed by atoms with Crippen LogP contribution < -0.4 is 9.47 Å². The zero-order valence-electron chi connectivity index (χ0n) is 6.87. The molecule has 0 fully saturated rings. The number of hydrogen-bond donors (Lipinski definition) is 1. The summed E-state index contributed by atoms with van der Waals surface area (Å²) in [4.78, 5) is 0. The van der Waals surface area contributed by atoms with Crippen molar-refractivity contribution in [3.05, 3.63) is 22.7 Å². The third kappa shape index (κ3) is 1.78. The Hall–Kier alpha value is -0.740. The van der Waals surface area contributed by atoms with Crippen molar-refractivity contribution < 1.29 is 14.6 Å². The fourth-order valence-corrected chi connectivity index (χ4v) is 1.52. The van der Waals surface area contributed by atoms with Crippen molar-refractivity contribution in [2.24, 2.45) is 0 Å². The quantitative estimate of drug-likeness (QED) is 0.816. The number of aliphatic hydroxyl groups is 1. The maximum Gasteiger partial charge on any atom is 0.162 e. The topological polar surface area (TPSA) is 38.7 Å². The fraction of sp³-hybridized carbons (Fsp3) is 0.333. The molecule has 13 heavy (non-hydrogen) atoms. The Kier molecular flexibility index (Phi) is 2.42. The molecule has 0 saturated heterocycles. The highest BCUT2D eigenvalue weighted by Gasteiger charge is 2.19. The smallest absolute Gasteiger partial charge is 0.162 e. The van der Waals surface area contributed by atoms with Crippen LogP contribution in [0.1, 0.15) is 0 Å². The first-order chi connectivity index (χ1) is 6.29. The van der Waals surface area contributed by atoms with E-state index >= 15 is 0 Å². The average molecular weight is 245 g/mol. The lowest BCUT2D eigenvalue weighted by Crippen LogP contribution is -2.32. The van der Waals surface area contributed by atoms with Gasteiger partial charge in [-0.3, -0.25) is 0 Å². The van der Waals surface area contributed by atoms with Gasteiger partial charge in [0.15, 0.2) is 17.6 Å². The third-order valence-electron chi connectivity index (χ3n) is 1.83. The number of fused-ring (bicyclic) bond motifs is 1. The van der Waals surface area contributed by atoms with E-state index in [4.69, 9.17) is 14.6 Å². The van der Waals surface area contributed by atoms with Crippen molar-refractivity contribution in [1.82, 2.24) is 0 Å². The Balaban J connectivity index is 2.26. The lowest BCUT2D eigenvalue weighted by atomic mass is 10.3. The van der Waals surface area contributed by atoms with E-state index in [1.54, 1.807) is 0 Å². The van der Waals surface area contributed by atoms with Crippen LogP contribution >= 0.6 is 15.9 Å². The van der Waals surface area contributed by atoms with Gasteiger partial charge in [0.25, 0.3) is 0 Å². The van der Waals surface area contributed by atoms with Crippen LogP contribution in [-0.4, -0.2) is 24.4 Å². The zero-order valence-corrected chi connectivity index (χ0v) is 8.45. The van der Waals surface area contributed by atoms with Gasteiger partial charge in [-0.1, -0.05) is 15.9 Å². The van der Waals surface area contributed by atoms with Crippen LogP contribution in [0.15, 0.2) is 22.7 Å². The second-order valence-electron chi connectivity index (χ2n) is 2.82. The molecule has 0 aromatic heterocycles. The molecule has 3 nitrogen and oxygen atoms in total. The summed E-state index contributed by atoms with van der Waals surface area (Å²) in [5.74, 6) is 1.41. The summed E-state index contributed by atoms with van der Waals surface area (Å²) >= 11 is 3.34. The minimum Gasteiger partial charge on any atom is -0.486 e. The van der Waals surface area contributed by atoms with Gasteiger partial charge < -0.3 is 14.6 Å². The molecule has 0 spiro atoms. The van der Waals surface area contributed by atoms with Gasteiger partial charge in [0.1, 0.15) is 6.61 Å². The average Bonchev–Trinajstić information content (AvgIpc) is 2.17. The Morgan fingerprint density at radius 2 is 2.31 bits per heavy atom. The molecule has 0 radical (unpaired) electrons. The van der Waals surface area contributed by atoms with Gasteiger partial charge in [0.2, 0.25) is 0 Å². The fourth-order valence-electron chi connectivity index (χ4n) is 1.18. The number of hydrogen-bond acceptors (Lipinski definition) is 3. The van der Waals surface area contributed by atoms with Crippen LogP contribution in [0.4, 0.5) is 0 Å². The molecule has 1 unspecified atom stereocenters. The summed E-state index contributed by atoms with van der Waals surface area (Å²) in [7, 11) is 0. The second kappa shape index (κ2) is 3.55. The summed E-state index contributed by atoms with van der Waals surface area (Å²) in [5.41, 5.74) is 0. The molecule has 1 aliphatic heterocycles. The van der Waals surface area contributed by atoms with Crippen LogP contribution in [0.5, 0.6) is 11.5 Å². The van der Waals surface area contributed by atoms with Crippen molar-refractivity contribution in [3.63, 3.8) is 0 Å². The van der Waals surface area contributed by atoms with E-state index in [2.05, 4.69) is 15.9 Å². The predicted octanol–water partition coefficient (Wildman–Crippen LogP) is 1.58. The van der Waals surface area contributed by atoms with Gasteiger partial charge in [-0.25, -0.2) is 0 Å². The van der Waals surface area contributed by atoms with Crippen molar-refractivity contribution in [1.29, 1.82) is 0 Å². The first-order valence-corrected chi connectivity index (χ1v) is 4.79. The first kappa shape index (κ1) is 8.84. The summed E-state index contributed by atoms with van der Waals surface area (Å²) in [5, 5.41) is 8.86. The Labute approximate surface area is 84.4 Å². The van der Waals surface area contributed by atoms with Crippen molar-refractivity contribution in [2.75, 3.05) is 13.2 Å². The van der Waals surface area contributed by atoms with Gasteiger partial charge in [0, 0.05) is 4.47 Å². The standard InChI is InChI=1S/C9H9BrO3/c10-6-1-2-8-9(3-6)12-5-7(4-11)13-8/h1-3,7,11H,4-5H2. The highest BCUT2D eigenvalue weighted by Crippen LogP contribution is 2.33. The van der Waals surface area contributed by atoms with E-state index in [0.29, 0.717) is 12.4 Å². The minimum absolute atomic E-state index is 0.0183. The maximum absolute atomic E-state index is 8.86. The molecule has 0 amide bonds. The molecule has 1 aromatic rings. The monoisotopic (exact) mass is 244 g/mol. The lowest BCUT2D eigenvalue weighted by molar-refractivity contribution is 0.0456. The number of rotatable bonds is 1. The van der Waals surface area contributed by atoms with Gasteiger partial charge in [-0.2, -0.15) is 0 Å². The molecule has 2 rings (SSSR count). The molecule has 1 atom stereocenters. The molecule has 1 aliphatic rings. The summed E-state index contributed by atoms with van der Waals surface area (Å²) in [6.07, 6.45) is -0.242. The molecular formula is C9H9BrO3. The Bertz CT molecular complexity index is 314. The van der Waals surface area contributed by atoms with E-state index in [1.165, 1.54) is 0 Å². The van der Waals surface area contributed by atoms with E-state index < -0.39 is 0 Å². The van der Waals surface area contributed by atoms with E-state index in [0.717, 1.165) is 10.2 Å². The Morgan fingerprint density at radius 1 is 1.46 bits per heavy atom. The molecular weight excluding hydrogens is 236 g/mol. The number of ether oxygens (including phenoxy) is 2. The van der Waals surface area contributed by atoms with Gasteiger partial charge in [0.05, 0.1) is 6.61 Å². The van der Waals surface area contributed by atoms with E-state index in [1.807, 2.05) is 18.2 Å². The summed E-state index contributed by atoms with van der Waals surface area (Å²) in [6, 6.07) is 5.55. The molecule has 1 aromatic carbocycles. The van der Waals surface area contributed by atoms with Crippen LogP contribution in [0.3, 0.4) is 0 Å². The second-order valence-corrected chi connectivity index (χ2v) is 3.74. The molecule has 0 bridgehead atoms. The minimum atomic E-state index is -0.242. The van der Waals surface area contributed by atoms with Crippen LogP contribution in [-0.2, 0) is 0 Å². The van der Waals surface area contributed by atoms with Crippen molar-refractivity contribution in [2.45, 2.75) is 6.10 Å². The SMILES string of the molecule is OCC1COc2cc(Br)ccc2O1. The Morgan fingerprint density at radius 3 is 3.08 bits per heavy atom. The number of benzene rings is 1. The number of halogens is 1. The van der Waals surface area contributed by atoms with Crippen LogP contribution in [0.25, 0.3) is 0 Å². The van der Waals surface area contributed by atoms with Crippen LogP contribution in [0.2, 0.25) is 0 Å². The normalized spacial score (nSPS) is 20.0. The van der Waals surface area contributed by atoms with Crippen LogP contribution in [0, 0.1) is 0 Å². The summed E-state index contributed by atoms with van der Waals surface area (Å²) < 4.78 is 11.8. The third-order valence-corrected chi connectivity index (χ3v) is 2.32. The number of aliphatic hydroxyl groups excluding tert-OH is 1. The van der Waals surface area contributed by atoms with Gasteiger partial charge >= 0.3 is 0 Å². The first-order valence-electron chi connectivity index (χ1n) is 3.99. The largest absolute Gasteiger partial charge is 0.486 e. The van der Waals surface area contributed by atoms with E-state index in [9.17, 15) is 0 Å². The lowest BCUT2D eigenvalue weighted by Gasteiger charge is -2.25. The van der Waals surface area contributed by atoms with Crippen molar-refractivity contribution >= 4 is 15.9 Å². The highest BCUT2D eigenvalue weighted by atomic mass is 79.9. The van der Waals surface area contributed by atoms with Gasteiger partial charge in [-0.15, -0.1) is 0 Å². The maximum atomic E-state index is 8.86. The predicted molar refractivity (Wildman–Crippen MR) is 51.1 cm³/mol.